The van der Waals surface area contributed by atoms with Crippen LogP contribution in [0.2, 0.25) is 0 Å². The van der Waals surface area contributed by atoms with Crippen LogP contribution in [0.15, 0.2) is 60.1 Å². The SMILES string of the molecule is CC(C)(C)c1ccc(OC(O)=C2C=CC=C2)cc1. The molecular formula is C16H18O2. The van der Waals surface area contributed by atoms with Crippen molar-refractivity contribution in [3.05, 3.63) is 65.7 Å². The maximum absolute atomic E-state index is 9.79. The summed E-state index contributed by atoms with van der Waals surface area (Å²) >= 11 is 0. The van der Waals surface area contributed by atoms with E-state index in [4.69, 9.17) is 4.74 Å². The molecule has 0 saturated heterocycles. The molecule has 2 heteroatoms. The van der Waals surface area contributed by atoms with E-state index in [1.54, 1.807) is 12.2 Å². The molecule has 0 heterocycles. The Morgan fingerprint density at radius 3 is 2.06 bits per heavy atom. The lowest BCUT2D eigenvalue weighted by atomic mass is 9.87. The second-order valence-electron chi connectivity index (χ2n) is 5.36. The second-order valence-corrected chi connectivity index (χ2v) is 5.36. The molecular weight excluding hydrogens is 224 g/mol. The lowest BCUT2D eigenvalue weighted by Crippen LogP contribution is -2.10. The number of ether oxygens (including phenoxy) is 1. The number of hydrogen-bond donors (Lipinski definition) is 1. The van der Waals surface area contributed by atoms with E-state index >= 15 is 0 Å². The third kappa shape index (κ3) is 2.83. The first-order valence-corrected chi connectivity index (χ1v) is 6.03. The van der Waals surface area contributed by atoms with Gasteiger partial charge in [0.05, 0.1) is 5.57 Å². The summed E-state index contributed by atoms with van der Waals surface area (Å²) in [6, 6.07) is 7.79. The number of benzene rings is 1. The highest BCUT2D eigenvalue weighted by molar-refractivity contribution is 5.41. The van der Waals surface area contributed by atoms with Gasteiger partial charge in [0.1, 0.15) is 5.75 Å². The monoisotopic (exact) mass is 242 g/mol. The molecule has 0 radical (unpaired) electrons. The standard InChI is InChI=1S/C16H18O2/c1-16(2,3)13-8-10-14(11-9-13)18-15(17)12-6-4-5-7-12/h4-11,17H,1-3H3. The Labute approximate surface area is 108 Å². The Hall–Kier alpha value is -1.96. The summed E-state index contributed by atoms with van der Waals surface area (Å²) in [6.07, 6.45) is 7.33. The summed E-state index contributed by atoms with van der Waals surface area (Å²) in [7, 11) is 0. The summed E-state index contributed by atoms with van der Waals surface area (Å²) in [5.74, 6) is 0.574. The normalized spacial score (nSPS) is 14.1. The smallest absolute Gasteiger partial charge is 0.289 e. The zero-order chi connectivity index (χ0) is 13.2. The minimum atomic E-state index is -0.0662. The number of aliphatic hydroxyl groups is 1. The fourth-order valence-electron chi connectivity index (χ4n) is 1.71. The minimum Gasteiger partial charge on any atom is -0.480 e. The van der Waals surface area contributed by atoms with E-state index in [1.807, 2.05) is 36.4 Å². The molecule has 0 aliphatic heterocycles. The Morgan fingerprint density at radius 2 is 1.56 bits per heavy atom. The van der Waals surface area contributed by atoms with E-state index in [1.165, 1.54) is 5.56 Å². The molecule has 18 heavy (non-hydrogen) atoms. The van der Waals surface area contributed by atoms with Gasteiger partial charge in [-0.25, -0.2) is 0 Å². The molecule has 2 nitrogen and oxygen atoms in total. The first kappa shape index (κ1) is 12.5. The van der Waals surface area contributed by atoms with Crippen molar-refractivity contribution in [2.24, 2.45) is 0 Å². The second kappa shape index (κ2) is 4.73. The van der Waals surface area contributed by atoms with Crippen molar-refractivity contribution in [3.63, 3.8) is 0 Å². The third-order valence-corrected chi connectivity index (χ3v) is 2.84. The average Bonchev–Trinajstić information content (AvgIpc) is 2.82. The molecule has 1 aromatic rings. The van der Waals surface area contributed by atoms with Gasteiger partial charge in [0.25, 0.3) is 5.95 Å². The molecule has 1 aromatic carbocycles. The number of aliphatic hydroxyl groups excluding tert-OH is 1. The van der Waals surface area contributed by atoms with Gasteiger partial charge in [-0.3, -0.25) is 0 Å². The molecule has 0 amide bonds. The molecule has 1 N–H and O–H groups in total. The van der Waals surface area contributed by atoms with Crippen LogP contribution in [0.3, 0.4) is 0 Å². The van der Waals surface area contributed by atoms with Gasteiger partial charge in [0.2, 0.25) is 0 Å². The molecule has 0 unspecified atom stereocenters. The van der Waals surface area contributed by atoms with E-state index in [9.17, 15) is 5.11 Å². The Morgan fingerprint density at radius 1 is 1.00 bits per heavy atom. The fourth-order valence-corrected chi connectivity index (χ4v) is 1.71. The molecule has 0 aromatic heterocycles. The third-order valence-electron chi connectivity index (χ3n) is 2.84. The Kier molecular flexibility index (Phi) is 3.28. The summed E-state index contributed by atoms with van der Waals surface area (Å²) < 4.78 is 5.40. The number of rotatable bonds is 2. The molecule has 1 aliphatic carbocycles. The van der Waals surface area contributed by atoms with Crippen LogP contribution in [-0.2, 0) is 5.41 Å². The molecule has 94 valence electrons. The van der Waals surface area contributed by atoms with Crippen LogP contribution in [0.1, 0.15) is 26.3 Å². The predicted molar refractivity (Wildman–Crippen MR) is 73.7 cm³/mol. The molecule has 0 fully saturated rings. The van der Waals surface area contributed by atoms with Gasteiger partial charge in [-0.2, -0.15) is 0 Å². The van der Waals surface area contributed by atoms with E-state index in [0.717, 1.165) is 0 Å². The molecule has 0 atom stereocenters. The highest BCUT2D eigenvalue weighted by Crippen LogP contribution is 2.25. The van der Waals surface area contributed by atoms with Crippen LogP contribution in [0.4, 0.5) is 0 Å². The van der Waals surface area contributed by atoms with Crippen molar-refractivity contribution in [3.8, 4) is 5.75 Å². The summed E-state index contributed by atoms with van der Waals surface area (Å²) in [4.78, 5) is 0. The van der Waals surface area contributed by atoms with Crippen LogP contribution in [0.25, 0.3) is 0 Å². The van der Waals surface area contributed by atoms with Crippen LogP contribution < -0.4 is 4.74 Å². The zero-order valence-electron chi connectivity index (χ0n) is 11.0. The predicted octanol–water partition coefficient (Wildman–Crippen LogP) is 4.26. The fraction of sp³-hybridized carbons (Fsp3) is 0.250. The highest BCUT2D eigenvalue weighted by Gasteiger charge is 2.13. The van der Waals surface area contributed by atoms with Crippen molar-refractivity contribution >= 4 is 0 Å². The van der Waals surface area contributed by atoms with Crippen molar-refractivity contribution in [1.82, 2.24) is 0 Å². The molecule has 0 bridgehead atoms. The first-order valence-electron chi connectivity index (χ1n) is 6.03. The van der Waals surface area contributed by atoms with E-state index in [-0.39, 0.29) is 11.4 Å². The van der Waals surface area contributed by atoms with E-state index in [2.05, 4.69) is 20.8 Å². The van der Waals surface area contributed by atoms with Gasteiger partial charge in [-0.05, 0) is 35.3 Å². The van der Waals surface area contributed by atoms with E-state index < -0.39 is 0 Å². The summed E-state index contributed by atoms with van der Waals surface area (Å²) in [5, 5.41) is 9.79. The van der Waals surface area contributed by atoms with Crippen LogP contribution >= 0.6 is 0 Å². The summed E-state index contributed by atoms with van der Waals surface area (Å²) in [5.41, 5.74) is 2.05. The lowest BCUT2D eigenvalue weighted by molar-refractivity contribution is 0.206. The lowest BCUT2D eigenvalue weighted by Gasteiger charge is -2.19. The van der Waals surface area contributed by atoms with Gasteiger partial charge in [0.15, 0.2) is 0 Å². The quantitative estimate of drug-likeness (QED) is 0.785. The number of allylic oxidation sites excluding steroid dienone is 5. The van der Waals surface area contributed by atoms with Gasteiger partial charge < -0.3 is 9.84 Å². The Bertz CT molecular complexity index is 497. The number of hydrogen-bond acceptors (Lipinski definition) is 2. The summed E-state index contributed by atoms with van der Waals surface area (Å²) in [6.45, 7) is 6.49. The van der Waals surface area contributed by atoms with E-state index in [0.29, 0.717) is 11.3 Å². The van der Waals surface area contributed by atoms with Crippen LogP contribution in [0, 0.1) is 0 Å². The van der Waals surface area contributed by atoms with Crippen LogP contribution in [-0.4, -0.2) is 5.11 Å². The highest BCUT2D eigenvalue weighted by atomic mass is 16.6. The van der Waals surface area contributed by atoms with Crippen LogP contribution in [0.5, 0.6) is 5.75 Å². The zero-order valence-corrected chi connectivity index (χ0v) is 11.0. The van der Waals surface area contributed by atoms with Crippen molar-refractivity contribution < 1.29 is 9.84 Å². The van der Waals surface area contributed by atoms with Crippen molar-refractivity contribution in [2.75, 3.05) is 0 Å². The van der Waals surface area contributed by atoms with Gasteiger partial charge >= 0.3 is 0 Å². The Balaban J connectivity index is 2.14. The largest absolute Gasteiger partial charge is 0.480 e. The topological polar surface area (TPSA) is 29.5 Å². The molecule has 1 aliphatic rings. The molecule has 0 saturated carbocycles. The first-order chi connectivity index (χ1) is 8.47. The molecule has 0 spiro atoms. The van der Waals surface area contributed by atoms with Gasteiger partial charge in [0, 0.05) is 0 Å². The minimum absolute atomic E-state index is 0.0662. The van der Waals surface area contributed by atoms with Gasteiger partial charge in [-0.1, -0.05) is 45.1 Å². The maximum Gasteiger partial charge on any atom is 0.289 e. The van der Waals surface area contributed by atoms with Crippen molar-refractivity contribution in [2.45, 2.75) is 26.2 Å². The average molecular weight is 242 g/mol. The van der Waals surface area contributed by atoms with Gasteiger partial charge in [-0.15, -0.1) is 0 Å². The maximum atomic E-state index is 9.79. The molecule has 2 rings (SSSR count). The van der Waals surface area contributed by atoms with Crippen molar-refractivity contribution in [1.29, 1.82) is 0 Å².